The summed E-state index contributed by atoms with van der Waals surface area (Å²) in [5.41, 5.74) is 0. The molecule has 0 aliphatic carbocycles. The minimum atomic E-state index is -4.67. The van der Waals surface area contributed by atoms with Crippen molar-refractivity contribution in [3.8, 4) is 0 Å². The van der Waals surface area contributed by atoms with Crippen molar-refractivity contribution in [3.05, 3.63) is 0 Å². The minimum Gasteiger partial charge on any atom is -0.264 e. The molecule has 0 aliphatic rings. The van der Waals surface area contributed by atoms with Gasteiger partial charge in [-0.3, -0.25) is 9.11 Å². The molecule has 43 valence electrons. The second-order valence-corrected chi connectivity index (χ2v) is 1.34. The van der Waals surface area contributed by atoms with E-state index in [0.717, 1.165) is 0 Å². The smallest absolute Gasteiger partial charge is 0.264 e. The predicted octanol–water partition coefficient (Wildman–Crippen LogP) is -0.655. The van der Waals surface area contributed by atoms with Crippen LogP contribution in [0.3, 0.4) is 0 Å². The van der Waals surface area contributed by atoms with Crippen LogP contribution in [0.5, 0.6) is 0 Å². The summed E-state index contributed by atoms with van der Waals surface area (Å²) < 4.78 is 31.6. The Kier molecular flexibility index (Phi) is 4.45. The van der Waals surface area contributed by atoms with Gasteiger partial charge in [-0.25, -0.2) is 0 Å². The zero-order valence-corrected chi connectivity index (χ0v) is 4.72. The average molecular weight is 206 g/mol. The van der Waals surface area contributed by atoms with E-state index in [0.29, 0.717) is 0 Å². The molecule has 0 unspecified atom stereocenters. The van der Waals surface area contributed by atoms with Gasteiger partial charge in [0.2, 0.25) is 0 Å². The maximum atomic E-state index is 8.74. The van der Waals surface area contributed by atoms with Crippen LogP contribution < -0.4 is 0 Å². The van der Waals surface area contributed by atoms with Crippen LogP contribution in [-0.4, -0.2) is 17.5 Å². The molecule has 0 bridgehead atoms. The van der Waals surface area contributed by atoms with Gasteiger partial charge in [0.15, 0.2) is 0 Å². The molecule has 0 heterocycles. The van der Waals surface area contributed by atoms with Crippen LogP contribution in [0.1, 0.15) is 0 Å². The van der Waals surface area contributed by atoms with Crippen molar-refractivity contribution in [1.29, 1.82) is 0 Å². The Labute approximate surface area is 50.6 Å². The fraction of sp³-hybridized carbons (Fsp3) is 0. The largest absolute Gasteiger partial charge is 0.394 e. The maximum Gasteiger partial charge on any atom is 0.394 e. The van der Waals surface area contributed by atoms with Gasteiger partial charge in [0, 0.05) is 22.4 Å². The molecule has 0 aromatic carbocycles. The van der Waals surface area contributed by atoms with Gasteiger partial charge in [-0.05, 0) is 0 Å². The molecule has 0 fully saturated rings. The van der Waals surface area contributed by atoms with Crippen molar-refractivity contribution in [3.63, 3.8) is 0 Å². The summed E-state index contributed by atoms with van der Waals surface area (Å²) in [6.07, 6.45) is 0. The quantitative estimate of drug-likeness (QED) is 0.407. The van der Waals surface area contributed by atoms with Gasteiger partial charge in [-0.1, -0.05) is 0 Å². The van der Waals surface area contributed by atoms with E-state index in [4.69, 9.17) is 17.5 Å². The predicted molar refractivity (Wildman–Crippen MR) is 14.2 cm³/mol. The van der Waals surface area contributed by atoms with Crippen LogP contribution in [0.4, 0.5) is 0 Å². The molecule has 6 heteroatoms. The third-order valence-electron chi connectivity index (χ3n) is 0. The fourth-order valence-corrected chi connectivity index (χ4v) is 0. The first-order valence-corrected chi connectivity index (χ1v) is 2.10. The molecular weight excluding hydrogens is 204 g/mol. The SMILES string of the molecule is O=S(=O)(O)O.[Ag]. The summed E-state index contributed by atoms with van der Waals surface area (Å²) in [5, 5.41) is 0. The Balaban J connectivity index is 0. The standard InChI is InChI=1S/Ag.H2O4S/c;1-5(2,3)4/h;(H2,1,2,3,4). The second-order valence-electron chi connectivity index (χ2n) is 0.448. The third kappa shape index (κ3) is 161. The zero-order chi connectivity index (χ0) is 4.50. The van der Waals surface area contributed by atoms with Gasteiger partial charge >= 0.3 is 10.4 Å². The van der Waals surface area contributed by atoms with E-state index in [-0.39, 0.29) is 22.4 Å². The van der Waals surface area contributed by atoms with E-state index in [2.05, 4.69) is 0 Å². The van der Waals surface area contributed by atoms with Crippen molar-refractivity contribution < 1.29 is 39.9 Å². The molecule has 0 aromatic heterocycles. The molecule has 0 saturated heterocycles. The minimum absolute atomic E-state index is 0. The van der Waals surface area contributed by atoms with E-state index >= 15 is 0 Å². The average Bonchev–Trinajstić information content (AvgIpc) is 0.722. The molecule has 4 nitrogen and oxygen atoms in total. The van der Waals surface area contributed by atoms with Crippen LogP contribution in [0, 0.1) is 0 Å². The number of hydrogen-bond acceptors (Lipinski definition) is 2. The summed E-state index contributed by atoms with van der Waals surface area (Å²) in [7, 11) is -4.67. The Hall–Kier alpha value is 0.610. The molecule has 0 saturated carbocycles. The topological polar surface area (TPSA) is 74.6 Å². The molecule has 0 atom stereocenters. The van der Waals surface area contributed by atoms with E-state index < -0.39 is 10.4 Å². The van der Waals surface area contributed by atoms with E-state index in [1.54, 1.807) is 0 Å². The molecule has 0 spiro atoms. The molecular formula is H2AgO4S. The summed E-state index contributed by atoms with van der Waals surface area (Å²) in [6.45, 7) is 0. The van der Waals surface area contributed by atoms with Crippen LogP contribution in [0.25, 0.3) is 0 Å². The Morgan fingerprint density at radius 1 is 1.17 bits per heavy atom. The summed E-state index contributed by atoms with van der Waals surface area (Å²) in [4.78, 5) is 0. The molecule has 0 amide bonds. The molecule has 1 radical (unpaired) electrons. The van der Waals surface area contributed by atoms with Gasteiger partial charge in [0.1, 0.15) is 0 Å². The van der Waals surface area contributed by atoms with Crippen molar-refractivity contribution in [2.75, 3.05) is 0 Å². The first kappa shape index (κ1) is 9.79. The number of hydrogen-bond donors (Lipinski definition) is 2. The van der Waals surface area contributed by atoms with Crippen molar-refractivity contribution >= 4 is 10.4 Å². The van der Waals surface area contributed by atoms with Gasteiger partial charge in [0.05, 0.1) is 0 Å². The molecule has 0 aromatic rings. The Morgan fingerprint density at radius 3 is 1.17 bits per heavy atom. The normalized spacial score (nSPS) is 9.67. The van der Waals surface area contributed by atoms with Crippen LogP contribution in [-0.2, 0) is 32.8 Å². The maximum absolute atomic E-state index is 8.74. The Morgan fingerprint density at radius 2 is 1.17 bits per heavy atom. The van der Waals surface area contributed by atoms with E-state index in [9.17, 15) is 0 Å². The molecule has 6 heavy (non-hydrogen) atoms. The van der Waals surface area contributed by atoms with Crippen molar-refractivity contribution in [2.24, 2.45) is 0 Å². The van der Waals surface area contributed by atoms with Gasteiger partial charge < -0.3 is 0 Å². The summed E-state index contributed by atoms with van der Waals surface area (Å²) in [6, 6.07) is 0. The monoisotopic (exact) mass is 205 g/mol. The molecule has 2 N–H and O–H groups in total. The first-order valence-electron chi connectivity index (χ1n) is 0.698. The summed E-state index contributed by atoms with van der Waals surface area (Å²) in [5.74, 6) is 0. The molecule has 0 aliphatic heterocycles. The van der Waals surface area contributed by atoms with E-state index in [1.165, 1.54) is 0 Å². The van der Waals surface area contributed by atoms with E-state index in [1.807, 2.05) is 0 Å². The van der Waals surface area contributed by atoms with Crippen LogP contribution in [0.15, 0.2) is 0 Å². The van der Waals surface area contributed by atoms with Gasteiger partial charge in [0.25, 0.3) is 0 Å². The van der Waals surface area contributed by atoms with Crippen LogP contribution >= 0.6 is 0 Å². The van der Waals surface area contributed by atoms with Crippen molar-refractivity contribution in [2.45, 2.75) is 0 Å². The third-order valence-corrected chi connectivity index (χ3v) is 0. The Bertz CT molecular complexity index is 90.7. The van der Waals surface area contributed by atoms with Crippen molar-refractivity contribution in [1.82, 2.24) is 0 Å². The second kappa shape index (κ2) is 2.73. The molecule has 0 rings (SSSR count). The number of rotatable bonds is 0. The summed E-state index contributed by atoms with van der Waals surface area (Å²) >= 11 is 0. The van der Waals surface area contributed by atoms with Gasteiger partial charge in [-0.15, -0.1) is 0 Å². The van der Waals surface area contributed by atoms with Gasteiger partial charge in [-0.2, -0.15) is 8.42 Å². The first-order chi connectivity index (χ1) is 2.00. The fourth-order valence-electron chi connectivity index (χ4n) is 0. The van der Waals surface area contributed by atoms with Crippen LogP contribution in [0.2, 0.25) is 0 Å². The zero-order valence-electron chi connectivity index (χ0n) is 2.42.